The van der Waals surface area contributed by atoms with Crippen LogP contribution in [0.15, 0.2) is 91.1 Å². The Hall–Kier alpha value is -4.62. The van der Waals surface area contributed by atoms with Crippen molar-refractivity contribution in [3.63, 3.8) is 0 Å². The summed E-state index contributed by atoms with van der Waals surface area (Å²) in [5, 5.41) is 2.22. The van der Waals surface area contributed by atoms with Gasteiger partial charge in [0.1, 0.15) is 17.2 Å². The Morgan fingerprint density at radius 3 is 2.23 bits per heavy atom. The Kier molecular flexibility index (Phi) is 9.88. The maximum absolute atomic E-state index is 13.7. The van der Waals surface area contributed by atoms with E-state index in [2.05, 4.69) is 19.9 Å². The third-order valence-corrected chi connectivity index (χ3v) is 9.90. The number of hydrogen-bond acceptors (Lipinski definition) is 6. The maximum Gasteiger partial charge on any atom is 0.433 e. The molecule has 0 aliphatic carbocycles. The Bertz CT molecular complexity index is 1810. The molecule has 6 rings (SSSR count). The summed E-state index contributed by atoms with van der Waals surface area (Å²) in [6.45, 7) is 4.42. The lowest BCUT2D eigenvalue weighted by molar-refractivity contribution is -0.655. The molecular weight excluding hydrogens is 643 g/mol. The van der Waals surface area contributed by atoms with Gasteiger partial charge in [0.15, 0.2) is 0 Å². The fourth-order valence-electron chi connectivity index (χ4n) is 6.17. The van der Waals surface area contributed by atoms with Gasteiger partial charge in [0.05, 0.1) is 49.5 Å². The van der Waals surface area contributed by atoms with Crippen molar-refractivity contribution in [2.75, 3.05) is 48.9 Å². The van der Waals surface area contributed by atoms with Crippen molar-refractivity contribution in [2.45, 2.75) is 30.7 Å². The molecule has 0 saturated carbocycles. The van der Waals surface area contributed by atoms with Crippen molar-refractivity contribution in [1.29, 1.82) is 0 Å². The number of carbonyl (C=O) groups is 1. The van der Waals surface area contributed by atoms with Crippen molar-refractivity contribution in [1.82, 2.24) is 9.88 Å². The summed E-state index contributed by atoms with van der Waals surface area (Å²) in [6, 6.07) is 23.8. The molecule has 0 bridgehead atoms. The fraction of sp³-hybridized carbons (Fsp3) is 0.314. The van der Waals surface area contributed by atoms with E-state index in [9.17, 15) is 26.4 Å². The first-order valence-electron chi connectivity index (χ1n) is 15.9. The van der Waals surface area contributed by atoms with Crippen LogP contribution in [0.5, 0.6) is 11.5 Å². The molecule has 1 amide bonds. The van der Waals surface area contributed by atoms with E-state index in [4.69, 9.17) is 4.74 Å². The molecule has 2 saturated heterocycles. The number of likely N-dealkylation sites (tertiary alicyclic amines) is 1. The van der Waals surface area contributed by atoms with Crippen LogP contribution < -0.4 is 19.7 Å². The van der Waals surface area contributed by atoms with E-state index in [1.54, 1.807) is 53.4 Å². The zero-order chi connectivity index (χ0) is 33.7. The first kappa shape index (κ1) is 33.3. The van der Waals surface area contributed by atoms with E-state index in [0.717, 1.165) is 62.5 Å². The van der Waals surface area contributed by atoms with Crippen molar-refractivity contribution in [2.24, 2.45) is 0 Å². The largest absolute Gasteiger partial charge is 0.456 e. The molecule has 3 N–H and O–H groups in total. The van der Waals surface area contributed by atoms with E-state index < -0.39 is 21.9 Å². The highest BCUT2D eigenvalue weighted by Gasteiger charge is 2.32. The van der Waals surface area contributed by atoms with Crippen molar-refractivity contribution >= 4 is 27.3 Å². The number of alkyl halides is 3. The number of nitrogens with two attached hydrogens (primary N) is 1. The highest BCUT2D eigenvalue weighted by Crippen LogP contribution is 2.34. The van der Waals surface area contributed by atoms with Crippen LogP contribution in [0.3, 0.4) is 0 Å². The van der Waals surface area contributed by atoms with E-state index in [0.29, 0.717) is 35.7 Å². The number of carbonyl (C=O) groups excluding carboxylic acids is 1. The second-order valence-electron chi connectivity index (χ2n) is 12.0. The normalized spacial score (nSPS) is 16.1. The number of quaternary nitrogens is 1. The van der Waals surface area contributed by atoms with Crippen LogP contribution >= 0.6 is 0 Å². The molecule has 13 heteroatoms. The van der Waals surface area contributed by atoms with Gasteiger partial charge in [-0.25, -0.2) is 13.4 Å². The molecular formula is C35H37F3N5O4S+. The fourth-order valence-corrected chi connectivity index (χ4v) is 7.37. The Balaban J connectivity index is 1.10. The monoisotopic (exact) mass is 680 g/mol. The summed E-state index contributed by atoms with van der Waals surface area (Å²) < 4.78 is 73.3. The summed E-state index contributed by atoms with van der Waals surface area (Å²) in [5.41, 5.74) is 2.37. The number of hydrogen-bond donors (Lipinski definition) is 2. The molecule has 2 aliphatic rings. The minimum absolute atomic E-state index is 0.149. The standard InChI is InChI=1S/C35H36F3N5O4S/c36-35(37,38)33-13-11-30(23-40-33)47-29-9-6-26(7-10-29)27-14-18-43(19-15-27)34(44)28-8-12-32(42-20-16-39-17-21-42)31(22-28)41-48(45,46)24-25-4-2-1-3-5-25/h1-13,22-23,27,39,41H,14-21,24H2/p+1. The molecule has 48 heavy (non-hydrogen) atoms. The quantitative estimate of drug-likeness (QED) is 0.251. The number of sulfonamides is 1. The number of amides is 1. The van der Waals surface area contributed by atoms with E-state index >= 15 is 0 Å². The molecule has 9 nitrogen and oxygen atoms in total. The number of nitrogens with one attached hydrogen (secondary N) is 1. The molecule has 0 spiro atoms. The van der Waals surface area contributed by atoms with Crippen LogP contribution in [0, 0.1) is 0 Å². The maximum atomic E-state index is 13.7. The van der Waals surface area contributed by atoms with Crippen molar-refractivity contribution in [3.05, 3.63) is 114 Å². The number of nitrogens with zero attached hydrogens (tertiary/aromatic N) is 3. The summed E-state index contributed by atoms with van der Waals surface area (Å²) in [4.78, 5) is 21.1. The van der Waals surface area contributed by atoms with Gasteiger partial charge in [-0.15, -0.1) is 0 Å². The predicted molar refractivity (Wildman–Crippen MR) is 177 cm³/mol. The molecule has 252 valence electrons. The van der Waals surface area contributed by atoms with Crippen LogP contribution in [0.1, 0.15) is 45.9 Å². The average molecular weight is 681 g/mol. The lowest BCUT2D eigenvalue weighted by atomic mass is 9.89. The molecule has 3 heterocycles. The summed E-state index contributed by atoms with van der Waals surface area (Å²) in [6.07, 6.45) is -1.98. The van der Waals surface area contributed by atoms with Crippen molar-refractivity contribution < 1.29 is 36.4 Å². The number of piperidine rings is 1. The lowest BCUT2D eigenvalue weighted by Gasteiger charge is -2.33. The van der Waals surface area contributed by atoms with E-state index in [1.165, 1.54) is 6.07 Å². The molecule has 4 aromatic rings. The van der Waals surface area contributed by atoms with Crippen LogP contribution in [0.2, 0.25) is 0 Å². The molecule has 2 aliphatic heterocycles. The number of benzene rings is 3. The number of ether oxygens (including phenoxy) is 1. The number of aromatic nitrogens is 1. The summed E-state index contributed by atoms with van der Waals surface area (Å²) in [5.74, 6) is 0.580. The predicted octanol–water partition coefficient (Wildman–Crippen LogP) is 5.24. The van der Waals surface area contributed by atoms with Gasteiger partial charge < -0.3 is 19.9 Å². The topological polar surface area (TPSA) is 108 Å². The van der Waals surface area contributed by atoms with Crippen LogP contribution in [0.4, 0.5) is 24.5 Å². The van der Waals surface area contributed by atoms with Crippen molar-refractivity contribution in [3.8, 4) is 11.5 Å². The number of rotatable bonds is 9. The second-order valence-corrected chi connectivity index (χ2v) is 13.8. The number of pyridine rings is 1. The lowest BCUT2D eigenvalue weighted by Crippen LogP contribution is -2.89. The highest BCUT2D eigenvalue weighted by molar-refractivity contribution is 7.91. The Morgan fingerprint density at radius 1 is 0.896 bits per heavy atom. The second kappa shape index (κ2) is 14.2. The Morgan fingerprint density at radius 2 is 1.58 bits per heavy atom. The molecule has 0 radical (unpaired) electrons. The minimum Gasteiger partial charge on any atom is -0.456 e. The minimum atomic E-state index is -4.51. The van der Waals surface area contributed by atoms with Gasteiger partial charge in [-0.3, -0.25) is 9.52 Å². The first-order valence-corrected chi connectivity index (χ1v) is 17.5. The smallest absolute Gasteiger partial charge is 0.433 e. The van der Waals surface area contributed by atoms with E-state index in [-0.39, 0.29) is 23.3 Å². The van der Waals surface area contributed by atoms with Gasteiger partial charge in [0.2, 0.25) is 10.0 Å². The van der Waals surface area contributed by atoms with Crippen LogP contribution in [0.25, 0.3) is 0 Å². The molecule has 0 atom stereocenters. The zero-order valence-corrected chi connectivity index (χ0v) is 27.0. The average Bonchev–Trinajstić information content (AvgIpc) is 3.09. The summed E-state index contributed by atoms with van der Waals surface area (Å²) in [7, 11) is -3.74. The molecule has 3 aromatic carbocycles. The van der Waals surface area contributed by atoms with Gasteiger partial charge in [0.25, 0.3) is 5.91 Å². The SMILES string of the molecule is O=C(c1ccc(N2CC[NH2+]CC2)c(NS(=O)(=O)Cc2ccccc2)c1)N1CCC(c2ccc(Oc3ccc(C(F)(F)F)nc3)cc2)CC1. The first-order chi connectivity index (χ1) is 23.0. The number of halogens is 3. The van der Waals surface area contributed by atoms with Gasteiger partial charge in [0, 0.05) is 18.7 Å². The number of anilines is 2. The third-order valence-electron chi connectivity index (χ3n) is 8.65. The van der Waals surface area contributed by atoms with Gasteiger partial charge in [-0.2, -0.15) is 13.2 Å². The highest BCUT2D eigenvalue weighted by atomic mass is 32.2. The molecule has 2 fully saturated rings. The number of piperazine rings is 1. The zero-order valence-electron chi connectivity index (χ0n) is 26.2. The van der Waals surface area contributed by atoms with Gasteiger partial charge >= 0.3 is 6.18 Å². The van der Waals surface area contributed by atoms with Crippen LogP contribution in [-0.4, -0.2) is 63.5 Å². The van der Waals surface area contributed by atoms with Crippen LogP contribution in [-0.2, 0) is 22.0 Å². The Labute approximate surface area is 277 Å². The van der Waals surface area contributed by atoms with Gasteiger partial charge in [-0.1, -0.05) is 42.5 Å². The van der Waals surface area contributed by atoms with E-state index in [1.807, 2.05) is 24.3 Å². The molecule has 0 unspecified atom stereocenters. The van der Waals surface area contributed by atoms with Gasteiger partial charge in [-0.05, 0) is 72.4 Å². The summed E-state index contributed by atoms with van der Waals surface area (Å²) >= 11 is 0. The third kappa shape index (κ3) is 8.26. The molecule has 1 aromatic heterocycles.